The Morgan fingerprint density at radius 3 is 2.58 bits per heavy atom. The van der Waals surface area contributed by atoms with Crippen molar-refractivity contribution in [2.24, 2.45) is 5.92 Å². The number of halogens is 3. The lowest BCUT2D eigenvalue weighted by Crippen LogP contribution is -2.45. The molecule has 0 atom stereocenters. The van der Waals surface area contributed by atoms with Crippen LogP contribution in [0.3, 0.4) is 0 Å². The second kappa shape index (κ2) is 8.24. The number of carbonyl (C=O) groups is 1. The average Bonchev–Trinajstić information content (AvgIpc) is 2.70. The summed E-state index contributed by atoms with van der Waals surface area (Å²) in [5.41, 5.74) is 0.0260. The molecule has 1 fully saturated rings. The Bertz CT molecular complexity index is 945. The van der Waals surface area contributed by atoms with E-state index >= 15 is 0 Å². The first-order valence-corrected chi connectivity index (χ1v) is 10.2. The number of ether oxygens (including phenoxy) is 1. The van der Waals surface area contributed by atoms with Gasteiger partial charge in [0.2, 0.25) is 11.9 Å². The van der Waals surface area contributed by atoms with E-state index in [2.05, 4.69) is 15.3 Å². The number of hydrogen-bond acceptors (Lipinski definition) is 6. The number of anilines is 3. The summed E-state index contributed by atoms with van der Waals surface area (Å²) in [6.07, 6.45) is -0.956. The molecule has 0 radical (unpaired) electrons. The summed E-state index contributed by atoms with van der Waals surface area (Å²) in [6, 6.07) is 4.95. The number of nitrogens with one attached hydrogen (secondary N) is 1. The van der Waals surface area contributed by atoms with Gasteiger partial charge in [0.1, 0.15) is 11.4 Å². The molecule has 4 rings (SSSR count). The van der Waals surface area contributed by atoms with E-state index in [1.54, 1.807) is 11.1 Å². The highest BCUT2D eigenvalue weighted by molar-refractivity contribution is 6.02. The summed E-state index contributed by atoms with van der Waals surface area (Å²) in [5, 5.41) is 3.31. The molecule has 166 valence electrons. The molecule has 2 aromatic rings. The molecule has 1 N–H and O–H groups in total. The summed E-state index contributed by atoms with van der Waals surface area (Å²) in [4.78, 5) is 24.6. The summed E-state index contributed by atoms with van der Waals surface area (Å²) in [6.45, 7) is 3.22. The van der Waals surface area contributed by atoms with Crippen LogP contribution in [0.15, 0.2) is 30.5 Å². The van der Waals surface area contributed by atoms with Crippen LogP contribution in [0.5, 0.6) is 5.75 Å². The van der Waals surface area contributed by atoms with Gasteiger partial charge < -0.3 is 19.9 Å². The molecule has 1 aromatic carbocycles. The SMILES string of the molecule is CCN1C(=O)CN(C)c2nc(N[C@H]3C[C@@H](COc4ccc(C(F)(F)F)cc4)C3)ncc21. The van der Waals surface area contributed by atoms with Crippen molar-refractivity contribution in [3.63, 3.8) is 0 Å². The van der Waals surface area contributed by atoms with Gasteiger partial charge in [0.15, 0.2) is 5.82 Å². The molecule has 1 aliphatic carbocycles. The first-order chi connectivity index (χ1) is 14.7. The molecule has 0 unspecified atom stereocenters. The molecular formula is C21H24F3N5O2. The van der Waals surface area contributed by atoms with Crippen LogP contribution >= 0.6 is 0 Å². The fraction of sp³-hybridized carbons (Fsp3) is 0.476. The van der Waals surface area contributed by atoms with Gasteiger partial charge in [0.25, 0.3) is 0 Å². The summed E-state index contributed by atoms with van der Waals surface area (Å²) in [5.74, 6) is 2.01. The predicted molar refractivity (Wildman–Crippen MR) is 110 cm³/mol. The van der Waals surface area contributed by atoms with Crippen molar-refractivity contribution < 1.29 is 22.7 Å². The maximum atomic E-state index is 12.6. The minimum atomic E-state index is -4.34. The van der Waals surface area contributed by atoms with Crippen LogP contribution in [0, 0.1) is 5.92 Å². The lowest BCUT2D eigenvalue weighted by Gasteiger charge is -2.36. The number of hydrogen-bond donors (Lipinski definition) is 1. The molecule has 1 aromatic heterocycles. The van der Waals surface area contributed by atoms with Gasteiger partial charge in [-0.3, -0.25) is 4.79 Å². The smallest absolute Gasteiger partial charge is 0.416 e. The maximum absolute atomic E-state index is 12.6. The van der Waals surface area contributed by atoms with Crippen LogP contribution in [-0.2, 0) is 11.0 Å². The van der Waals surface area contributed by atoms with Crippen LogP contribution in [-0.4, -0.2) is 48.7 Å². The van der Waals surface area contributed by atoms with Crippen molar-refractivity contribution in [1.82, 2.24) is 9.97 Å². The van der Waals surface area contributed by atoms with Crippen LogP contribution in [0.2, 0.25) is 0 Å². The van der Waals surface area contributed by atoms with Gasteiger partial charge in [-0.2, -0.15) is 18.2 Å². The topological polar surface area (TPSA) is 70.6 Å². The number of rotatable bonds is 6. The van der Waals surface area contributed by atoms with Crippen molar-refractivity contribution in [3.05, 3.63) is 36.0 Å². The second-order valence-corrected chi connectivity index (χ2v) is 7.91. The highest BCUT2D eigenvalue weighted by atomic mass is 19.4. The van der Waals surface area contributed by atoms with E-state index in [1.807, 2.05) is 18.9 Å². The van der Waals surface area contributed by atoms with E-state index in [0.29, 0.717) is 36.5 Å². The molecule has 10 heteroatoms. The van der Waals surface area contributed by atoms with Crippen LogP contribution in [0.4, 0.5) is 30.6 Å². The summed E-state index contributed by atoms with van der Waals surface area (Å²) >= 11 is 0. The lowest BCUT2D eigenvalue weighted by atomic mass is 9.81. The van der Waals surface area contributed by atoms with Crippen LogP contribution < -0.4 is 19.9 Å². The Morgan fingerprint density at radius 2 is 1.94 bits per heavy atom. The molecule has 1 amide bonds. The van der Waals surface area contributed by atoms with Crippen molar-refractivity contribution in [2.75, 3.05) is 41.9 Å². The number of amides is 1. The van der Waals surface area contributed by atoms with Crippen LogP contribution in [0.1, 0.15) is 25.3 Å². The van der Waals surface area contributed by atoms with Gasteiger partial charge >= 0.3 is 6.18 Å². The first-order valence-electron chi connectivity index (χ1n) is 10.2. The summed E-state index contributed by atoms with van der Waals surface area (Å²) < 4.78 is 43.5. The van der Waals surface area contributed by atoms with E-state index in [1.165, 1.54) is 12.1 Å². The quantitative estimate of drug-likeness (QED) is 0.748. The first kappa shape index (κ1) is 21.2. The fourth-order valence-corrected chi connectivity index (χ4v) is 3.88. The average molecular weight is 435 g/mol. The minimum Gasteiger partial charge on any atom is -0.493 e. The number of carbonyl (C=O) groups excluding carboxylic acids is 1. The number of benzene rings is 1. The minimum absolute atomic E-state index is 0.0247. The zero-order valence-corrected chi connectivity index (χ0v) is 17.3. The van der Waals surface area contributed by atoms with Gasteiger partial charge in [0, 0.05) is 19.6 Å². The van der Waals surface area contributed by atoms with Crippen molar-refractivity contribution in [2.45, 2.75) is 32.0 Å². The van der Waals surface area contributed by atoms with Crippen LogP contribution in [0.25, 0.3) is 0 Å². The molecule has 1 aliphatic heterocycles. The molecular weight excluding hydrogens is 411 g/mol. The van der Waals surface area contributed by atoms with E-state index in [-0.39, 0.29) is 18.5 Å². The number of alkyl halides is 3. The number of fused-ring (bicyclic) bond motifs is 1. The summed E-state index contributed by atoms with van der Waals surface area (Å²) in [7, 11) is 1.83. The Kier molecular flexibility index (Phi) is 5.63. The molecule has 1 saturated carbocycles. The molecule has 2 aliphatic rings. The molecule has 0 bridgehead atoms. The van der Waals surface area contributed by atoms with Gasteiger partial charge in [-0.25, -0.2) is 4.98 Å². The Labute approximate surface area is 178 Å². The van der Waals surface area contributed by atoms with Gasteiger partial charge in [-0.15, -0.1) is 0 Å². The highest BCUT2D eigenvalue weighted by Gasteiger charge is 2.33. The van der Waals surface area contributed by atoms with E-state index in [9.17, 15) is 18.0 Å². The molecule has 2 heterocycles. The van der Waals surface area contributed by atoms with Gasteiger partial charge in [-0.1, -0.05) is 0 Å². The van der Waals surface area contributed by atoms with Gasteiger partial charge in [0.05, 0.1) is 24.9 Å². The number of nitrogens with zero attached hydrogens (tertiary/aromatic N) is 4. The van der Waals surface area contributed by atoms with Gasteiger partial charge in [-0.05, 0) is 49.9 Å². The zero-order chi connectivity index (χ0) is 22.2. The third-order valence-electron chi connectivity index (χ3n) is 5.63. The normalized spacial score (nSPS) is 20.9. The Balaban J connectivity index is 1.28. The Morgan fingerprint density at radius 1 is 1.23 bits per heavy atom. The second-order valence-electron chi connectivity index (χ2n) is 7.91. The largest absolute Gasteiger partial charge is 0.493 e. The number of likely N-dealkylation sites (N-methyl/N-ethyl adjacent to an activating group) is 2. The molecule has 0 spiro atoms. The highest BCUT2D eigenvalue weighted by Crippen LogP contribution is 2.34. The third kappa shape index (κ3) is 4.52. The zero-order valence-electron chi connectivity index (χ0n) is 17.3. The van der Waals surface area contributed by atoms with E-state index in [4.69, 9.17) is 4.74 Å². The molecule has 31 heavy (non-hydrogen) atoms. The van der Waals surface area contributed by atoms with Crippen molar-refractivity contribution in [3.8, 4) is 5.75 Å². The molecule has 7 nitrogen and oxygen atoms in total. The molecule has 0 saturated heterocycles. The lowest BCUT2D eigenvalue weighted by molar-refractivity contribution is -0.137. The van der Waals surface area contributed by atoms with Crippen molar-refractivity contribution in [1.29, 1.82) is 0 Å². The standard InChI is InChI=1S/C21H24F3N5O2/c1-3-29-17-10-25-20(27-19(17)28(2)11-18(29)30)26-15-8-13(9-15)12-31-16-6-4-14(5-7-16)21(22,23)24/h4-7,10,13,15H,3,8-9,11-12H2,1-2H3,(H,25,26,27)/t13-,15+. The predicted octanol–water partition coefficient (Wildman–Crippen LogP) is 3.57. The Hall–Kier alpha value is -3.04. The fourth-order valence-electron chi connectivity index (χ4n) is 3.88. The maximum Gasteiger partial charge on any atom is 0.416 e. The van der Waals surface area contributed by atoms with E-state index < -0.39 is 11.7 Å². The third-order valence-corrected chi connectivity index (χ3v) is 5.63. The van der Waals surface area contributed by atoms with E-state index in [0.717, 1.165) is 30.8 Å². The number of aromatic nitrogens is 2. The monoisotopic (exact) mass is 435 g/mol. The van der Waals surface area contributed by atoms with Crippen molar-refractivity contribution >= 4 is 23.4 Å².